The summed E-state index contributed by atoms with van der Waals surface area (Å²) in [5, 5.41) is 8.04. The predicted octanol–water partition coefficient (Wildman–Crippen LogP) is 6.70. The Balaban J connectivity index is 0.00000304. The van der Waals surface area contributed by atoms with E-state index < -0.39 is 0 Å². The monoisotopic (exact) mass is 501 g/mol. The van der Waals surface area contributed by atoms with Gasteiger partial charge in [0.05, 0.1) is 0 Å². The molecule has 1 saturated heterocycles. The maximum Gasteiger partial charge on any atom is 0.268 e. The van der Waals surface area contributed by atoms with Crippen LogP contribution in [0.5, 0.6) is 0 Å². The Bertz CT molecular complexity index is 1240. The molecule has 1 aliphatic rings. The number of halogens is 1. The summed E-state index contributed by atoms with van der Waals surface area (Å²) in [7, 11) is 0. The molecule has 1 aliphatic heterocycles. The molecule has 0 spiro atoms. The molecule has 1 fully saturated rings. The van der Waals surface area contributed by atoms with E-state index in [1.54, 1.807) is 0 Å². The summed E-state index contributed by atoms with van der Waals surface area (Å²) in [6, 6.07) is 30.2. The third-order valence-electron chi connectivity index (χ3n) is 7.34. The van der Waals surface area contributed by atoms with E-state index >= 15 is 0 Å². The zero-order valence-electron chi connectivity index (χ0n) is 21.1. The Labute approximate surface area is 220 Å². The second-order valence-corrected chi connectivity index (χ2v) is 9.60. The SMILES string of the molecule is CCCNC(=O)c1c(C(c2ccccc2)c2ccccc2)c2ccccc2n1C(C)C1CCCN1.Cl. The van der Waals surface area contributed by atoms with Crippen molar-refractivity contribution in [3.63, 3.8) is 0 Å². The molecule has 0 radical (unpaired) electrons. The molecule has 36 heavy (non-hydrogen) atoms. The van der Waals surface area contributed by atoms with Gasteiger partial charge in [0.1, 0.15) is 5.69 Å². The molecule has 0 bridgehead atoms. The van der Waals surface area contributed by atoms with Crippen LogP contribution < -0.4 is 10.6 Å². The number of hydrogen-bond donors (Lipinski definition) is 2. The largest absolute Gasteiger partial charge is 0.351 e. The number of fused-ring (bicyclic) bond motifs is 1. The van der Waals surface area contributed by atoms with Crippen LogP contribution in [0, 0.1) is 0 Å². The van der Waals surface area contributed by atoms with Gasteiger partial charge in [0.25, 0.3) is 5.91 Å². The van der Waals surface area contributed by atoms with Crippen molar-refractivity contribution in [2.45, 2.75) is 51.1 Å². The topological polar surface area (TPSA) is 46.1 Å². The minimum Gasteiger partial charge on any atom is -0.351 e. The highest BCUT2D eigenvalue weighted by Gasteiger charge is 2.33. The fourth-order valence-electron chi connectivity index (χ4n) is 5.68. The van der Waals surface area contributed by atoms with Crippen LogP contribution in [0.15, 0.2) is 84.9 Å². The summed E-state index contributed by atoms with van der Waals surface area (Å²) in [5.74, 6) is -0.0329. The first-order chi connectivity index (χ1) is 17.2. The maximum atomic E-state index is 13.9. The Kier molecular flexibility index (Phi) is 8.50. The van der Waals surface area contributed by atoms with Crippen LogP contribution in [0.25, 0.3) is 10.9 Å². The molecule has 0 saturated carbocycles. The smallest absolute Gasteiger partial charge is 0.268 e. The summed E-state index contributed by atoms with van der Waals surface area (Å²) in [6.45, 7) is 6.06. The van der Waals surface area contributed by atoms with Gasteiger partial charge in [0, 0.05) is 41.0 Å². The van der Waals surface area contributed by atoms with Crippen LogP contribution in [0.4, 0.5) is 0 Å². The third-order valence-corrected chi connectivity index (χ3v) is 7.34. The summed E-state index contributed by atoms with van der Waals surface area (Å²) in [4.78, 5) is 13.9. The van der Waals surface area contributed by atoms with Crippen molar-refractivity contribution in [3.05, 3.63) is 107 Å². The lowest BCUT2D eigenvalue weighted by Crippen LogP contribution is -2.35. The van der Waals surface area contributed by atoms with Crippen molar-refractivity contribution in [2.75, 3.05) is 13.1 Å². The van der Waals surface area contributed by atoms with Crippen molar-refractivity contribution in [1.29, 1.82) is 0 Å². The van der Waals surface area contributed by atoms with Gasteiger partial charge in [-0.15, -0.1) is 12.4 Å². The van der Waals surface area contributed by atoms with Gasteiger partial charge < -0.3 is 15.2 Å². The lowest BCUT2D eigenvalue weighted by molar-refractivity contribution is 0.0941. The van der Waals surface area contributed by atoms with Gasteiger partial charge in [0.2, 0.25) is 0 Å². The molecule has 188 valence electrons. The van der Waals surface area contributed by atoms with E-state index in [2.05, 4.69) is 114 Å². The van der Waals surface area contributed by atoms with E-state index in [1.807, 2.05) is 0 Å². The molecule has 2 atom stereocenters. The molecule has 2 unspecified atom stereocenters. The van der Waals surface area contributed by atoms with Gasteiger partial charge in [0.15, 0.2) is 0 Å². The van der Waals surface area contributed by atoms with Gasteiger partial charge in [-0.3, -0.25) is 4.79 Å². The molecule has 2 N–H and O–H groups in total. The summed E-state index contributed by atoms with van der Waals surface area (Å²) >= 11 is 0. The summed E-state index contributed by atoms with van der Waals surface area (Å²) in [5.41, 5.74) is 5.40. The lowest BCUT2D eigenvalue weighted by Gasteiger charge is -2.26. The molecule has 3 aromatic carbocycles. The highest BCUT2D eigenvalue weighted by atomic mass is 35.5. The molecule has 4 nitrogen and oxygen atoms in total. The highest BCUT2D eigenvalue weighted by Crippen LogP contribution is 2.42. The molecule has 5 heteroatoms. The number of aromatic nitrogens is 1. The molecule has 1 aromatic heterocycles. The van der Waals surface area contributed by atoms with Crippen molar-refractivity contribution >= 4 is 29.2 Å². The Hall–Kier alpha value is -3.08. The maximum absolute atomic E-state index is 13.9. The molecule has 5 rings (SSSR count). The molecule has 1 amide bonds. The van der Waals surface area contributed by atoms with Crippen LogP contribution in [-0.4, -0.2) is 29.6 Å². The number of benzene rings is 3. The first kappa shape index (κ1) is 26.0. The number of rotatable bonds is 8. The minimum atomic E-state index is -0.0466. The van der Waals surface area contributed by atoms with E-state index in [1.165, 1.54) is 17.5 Å². The van der Waals surface area contributed by atoms with Gasteiger partial charge in [-0.05, 0) is 49.9 Å². The van der Waals surface area contributed by atoms with Crippen LogP contribution in [0.1, 0.15) is 72.2 Å². The average molecular weight is 502 g/mol. The fraction of sp³-hybridized carbons (Fsp3) is 0.323. The Morgan fingerprint density at radius 2 is 1.58 bits per heavy atom. The molecule has 2 heterocycles. The predicted molar refractivity (Wildman–Crippen MR) is 151 cm³/mol. The molecule has 0 aliphatic carbocycles. The van der Waals surface area contributed by atoms with E-state index in [9.17, 15) is 4.79 Å². The van der Waals surface area contributed by atoms with E-state index in [0.29, 0.717) is 12.6 Å². The van der Waals surface area contributed by atoms with Crippen molar-refractivity contribution in [3.8, 4) is 0 Å². The van der Waals surface area contributed by atoms with E-state index in [0.717, 1.165) is 41.5 Å². The van der Waals surface area contributed by atoms with Crippen molar-refractivity contribution < 1.29 is 4.79 Å². The first-order valence-corrected chi connectivity index (χ1v) is 12.9. The average Bonchev–Trinajstić information content (AvgIpc) is 3.56. The zero-order valence-corrected chi connectivity index (χ0v) is 21.9. The number of carbonyl (C=O) groups excluding carboxylic acids is 1. The fourth-order valence-corrected chi connectivity index (χ4v) is 5.68. The molecular weight excluding hydrogens is 466 g/mol. The Morgan fingerprint density at radius 1 is 0.972 bits per heavy atom. The number of carbonyl (C=O) groups is 1. The molecule has 4 aromatic rings. The lowest BCUT2D eigenvalue weighted by atomic mass is 9.83. The summed E-state index contributed by atoms with van der Waals surface area (Å²) in [6.07, 6.45) is 3.21. The number of nitrogens with zero attached hydrogens (tertiary/aromatic N) is 1. The minimum absolute atomic E-state index is 0. The van der Waals surface area contributed by atoms with E-state index in [-0.39, 0.29) is 30.3 Å². The number of para-hydroxylation sites is 1. The number of hydrogen-bond acceptors (Lipinski definition) is 2. The normalized spacial score (nSPS) is 16.1. The van der Waals surface area contributed by atoms with Gasteiger partial charge in [-0.1, -0.05) is 85.8 Å². The van der Waals surface area contributed by atoms with E-state index in [4.69, 9.17) is 0 Å². The Morgan fingerprint density at radius 3 is 2.17 bits per heavy atom. The third kappa shape index (κ3) is 4.93. The second-order valence-electron chi connectivity index (χ2n) is 9.60. The highest BCUT2D eigenvalue weighted by molar-refractivity contribution is 6.03. The quantitative estimate of drug-likeness (QED) is 0.282. The first-order valence-electron chi connectivity index (χ1n) is 12.9. The number of nitrogens with one attached hydrogen (secondary N) is 2. The second kappa shape index (κ2) is 11.8. The van der Waals surface area contributed by atoms with Gasteiger partial charge in [-0.2, -0.15) is 0 Å². The standard InChI is InChI=1S/C31H35N3O.ClH/c1-3-20-33-31(35)30-29(28(23-13-6-4-7-14-23)24-15-8-5-9-16-24)25-17-10-11-19-27(25)34(30)22(2)26-18-12-21-32-26;/h4-11,13-17,19,22,26,28,32H,3,12,18,20-21H2,1-2H3,(H,33,35);1H. The van der Waals surface area contributed by atoms with Crippen molar-refractivity contribution in [1.82, 2.24) is 15.2 Å². The zero-order chi connectivity index (χ0) is 24.2. The number of amides is 1. The summed E-state index contributed by atoms with van der Waals surface area (Å²) < 4.78 is 2.32. The van der Waals surface area contributed by atoms with Crippen molar-refractivity contribution in [2.24, 2.45) is 0 Å². The van der Waals surface area contributed by atoms with Crippen LogP contribution in [-0.2, 0) is 0 Å². The molecular formula is C31H36ClN3O. The van der Waals surface area contributed by atoms with Crippen LogP contribution in [0.3, 0.4) is 0 Å². The van der Waals surface area contributed by atoms with Gasteiger partial charge >= 0.3 is 0 Å². The van der Waals surface area contributed by atoms with Crippen LogP contribution in [0.2, 0.25) is 0 Å². The van der Waals surface area contributed by atoms with Crippen LogP contribution >= 0.6 is 12.4 Å². The van der Waals surface area contributed by atoms with Gasteiger partial charge in [-0.25, -0.2) is 0 Å².